The van der Waals surface area contributed by atoms with Crippen LogP contribution in [-0.4, -0.2) is 11.0 Å². The van der Waals surface area contributed by atoms with Gasteiger partial charge in [-0.2, -0.15) is 0 Å². The highest BCUT2D eigenvalue weighted by Gasteiger charge is 2.18. The molecule has 0 aliphatic carbocycles. The van der Waals surface area contributed by atoms with Gasteiger partial charge >= 0.3 is 6.03 Å². The molecule has 2 amide bonds. The van der Waals surface area contributed by atoms with E-state index in [9.17, 15) is 4.79 Å². The van der Waals surface area contributed by atoms with Crippen molar-refractivity contribution in [3.05, 3.63) is 34.7 Å². The minimum atomic E-state index is -0.559. The van der Waals surface area contributed by atoms with E-state index in [0.29, 0.717) is 5.69 Å². The first-order chi connectivity index (χ1) is 8.86. The average Bonchev–Trinajstić information content (AvgIpc) is 2.78. The van der Waals surface area contributed by atoms with Gasteiger partial charge in [-0.3, -0.25) is 0 Å². The van der Waals surface area contributed by atoms with Gasteiger partial charge in [-0.15, -0.1) is 11.3 Å². The quantitative estimate of drug-likeness (QED) is 0.879. The van der Waals surface area contributed by atoms with E-state index in [1.165, 1.54) is 0 Å². The van der Waals surface area contributed by atoms with Gasteiger partial charge in [0.2, 0.25) is 0 Å². The third-order valence-electron chi connectivity index (χ3n) is 2.59. The van der Waals surface area contributed by atoms with Crippen molar-refractivity contribution in [2.45, 2.75) is 26.2 Å². The Morgan fingerprint density at radius 3 is 2.37 bits per heavy atom. The highest BCUT2D eigenvalue weighted by molar-refractivity contribution is 7.10. The Morgan fingerprint density at radius 1 is 1.26 bits per heavy atom. The molecule has 1 aromatic heterocycles. The largest absolute Gasteiger partial charge is 0.351 e. The number of nitrogens with two attached hydrogens (primary N) is 1. The summed E-state index contributed by atoms with van der Waals surface area (Å²) in [5.41, 5.74) is 7.80. The van der Waals surface area contributed by atoms with Gasteiger partial charge in [0.15, 0.2) is 0 Å². The molecule has 2 aromatic rings. The van der Waals surface area contributed by atoms with Crippen LogP contribution >= 0.6 is 11.3 Å². The lowest BCUT2D eigenvalue weighted by Crippen LogP contribution is -2.19. The van der Waals surface area contributed by atoms with E-state index in [1.54, 1.807) is 11.3 Å². The van der Waals surface area contributed by atoms with E-state index in [0.717, 1.165) is 16.3 Å². The van der Waals surface area contributed by atoms with E-state index >= 15 is 0 Å². The molecular formula is C14H17N3OS. The fraction of sp³-hybridized carbons (Fsp3) is 0.286. The molecule has 0 saturated heterocycles. The highest BCUT2D eigenvalue weighted by atomic mass is 32.1. The third-order valence-corrected chi connectivity index (χ3v) is 3.86. The van der Waals surface area contributed by atoms with Crippen molar-refractivity contribution < 1.29 is 4.79 Å². The summed E-state index contributed by atoms with van der Waals surface area (Å²) < 4.78 is 0. The van der Waals surface area contributed by atoms with Gasteiger partial charge in [-0.1, -0.05) is 32.9 Å². The maximum atomic E-state index is 10.7. The number of aromatic nitrogens is 1. The Kier molecular flexibility index (Phi) is 3.57. The van der Waals surface area contributed by atoms with E-state index in [-0.39, 0.29) is 5.41 Å². The zero-order valence-corrected chi connectivity index (χ0v) is 12.0. The van der Waals surface area contributed by atoms with Crippen LogP contribution in [0.25, 0.3) is 11.3 Å². The van der Waals surface area contributed by atoms with E-state index in [2.05, 4.69) is 36.5 Å². The number of primary amides is 1. The van der Waals surface area contributed by atoms with Crippen LogP contribution in [0.1, 0.15) is 25.8 Å². The minimum Gasteiger partial charge on any atom is -0.351 e. The van der Waals surface area contributed by atoms with Crippen molar-refractivity contribution in [3.8, 4) is 11.3 Å². The molecule has 0 aliphatic rings. The molecule has 0 aliphatic heterocycles. The monoisotopic (exact) mass is 275 g/mol. The molecule has 3 N–H and O–H groups in total. The molecule has 1 aromatic carbocycles. The molecule has 5 heteroatoms. The standard InChI is InChI=1S/C14H17N3OS/c1-14(2,3)12-17-11(8-19-12)9-4-6-10(7-5-9)16-13(15)18/h4-8H,1-3H3,(H3,15,16,18). The molecule has 0 atom stereocenters. The number of benzene rings is 1. The Labute approximate surface area is 116 Å². The predicted molar refractivity (Wildman–Crippen MR) is 79.5 cm³/mol. The van der Waals surface area contributed by atoms with Gasteiger partial charge in [-0.05, 0) is 12.1 Å². The van der Waals surface area contributed by atoms with Crippen LogP contribution in [0.3, 0.4) is 0 Å². The molecule has 0 saturated carbocycles. The lowest BCUT2D eigenvalue weighted by Gasteiger charge is -2.13. The van der Waals surface area contributed by atoms with E-state index in [4.69, 9.17) is 5.73 Å². The maximum Gasteiger partial charge on any atom is 0.316 e. The number of hydrogen-bond donors (Lipinski definition) is 2. The molecule has 1 heterocycles. The number of carbonyl (C=O) groups is 1. The van der Waals surface area contributed by atoms with Gasteiger partial charge in [0, 0.05) is 22.0 Å². The average molecular weight is 275 g/mol. The number of hydrogen-bond acceptors (Lipinski definition) is 3. The van der Waals surface area contributed by atoms with Crippen LogP contribution in [0.2, 0.25) is 0 Å². The van der Waals surface area contributed by atoms with Crippen molar-refractivity contribution in [1.29, 1.82) is 0 Å². The van der Waals surface area contributed by atoms with Gasteiger partial charge in [0.05, 0.1) is 10.7 Å². The number of anilines is 1. The molecule has 0 spiro atoms. The molecule has 19 heavy (non-hydrogen) atoms. The van der Waals surface area contributed by atoms with Crippen LogP contribution in [0, 0.1) is 0 Å². The minimum absolute atomic E-state index is 0.0659. The van der Waals surface area contributed by atoms with Crippen LogP contribution < -0.4 is 11.1 Å². The lowest BCUT2D eigenvalue weighted by molar-refractivity contribution is 0.259. The second-order valence-corrected chi connectivity index (χ2v) is 6.21. The summed E-state index contributed by atoms with van der Waals surface area (Å²) in [6.07, 6.45) is 0. The van der Waals surface area contributed by atoms with E-state index in [1.807, 2.05) is 24.3 Å². The van der Waals surface area contributed by atoms with Crippen LogP contribution in [0.5, 0.6) is 0 Å². The SMILES string of the molecule is CC(C)(C)c1nc(-c2ccc(NC(N)=O)cc2)cs1. The molecule has 0 bridgehead atoms. The number of nitrogens with zero attached hydrogens (tertiary/aromatic N) is 1. The van der Waals surface area contributed by atoms with Crippen molar-refractivity contribution in [2.24, 2.45) is 5.73 Å². The number of amides is 2. The summed E-state index contributed by atoms with van der Waals surface area (Å²) in [6.45, 7) is 6.44. The van der Waals surface area contributed by atoms with Crippen LogP contribution in [-0.2, 0) is 5.41 Å². The van der Waals surface area contributed by atoms with Crippen LogP contribution in [0.15, 0.2) is 29.6 Å². The Morgan fingerprint density at radius 2 is 1.89 bits per heavy atom. The molecule has 100 valence electrons. The van der Waals surface area contributed by atoms with Crippen LogP contribution in [0.4, 0.5) is 10.5 Å². The van der Waals surface area contributed by atoms with Crippen molar-refractivity contribution >= 4 is 23.1 Å². The highest BCUT2D eigenvalue weighted by Crippen LogP contribution is 2.30. The molecule has 0 unspecified atom stereocenters. The summed E-state index contributed by atoms with van der Waals surface area (Å²) in [6, 6.07) is 6.92. The molecule has 4 nitrogen and oxygen atoms in total. The fourth-order valence-corrected chi connectivity index (χ4v) is 2.53. The molecule has 0 fully saturated rings. The zero-order valence-electron chi connectivity index (χ0n) is 11.2. The number of nitrogens with one attached hydrogen (secondary N) is 1. The van der Waals surface area contributed by atoms with Gasteiger partial charge in [0.1, 0.15) is 0 Å². The first kappa shape index (κ1) is 13.5. The summed E-state index contributed by atoms with van der Waals surface area (Å²) in [7, 11) is 0. The summed E-state index contributed by atoms with van der Waals surface area (Å²) in [5.74, 6) is 0. The Bertz CT molecular complexity index is 581. The maximum absolute atomic E-state index is 10.7. The first-order valence-electron chi connectivity index (χ1n) is 5.99. The van der Waals surface area contributed by atoms with Gasteiger partial charge in [0.25, 0.3) is 0 Å². The third kappa shape index (κ3) is 3.32. The predicted octanol–water partition coefficient (Wildman–Crippen LogP) is 3.60. The number of carbonyl (C=O) groups excluding carboxylic acids is 1. The van der Waals surface area contributed by atoms with Crippen molar-refractivity contribution in [3.63, 3.8) is 0 Å². The number of thiazole rings is 1. The normalized spacial score (nSPS) is 11.3. The second kappa shape index (κ2) is 5.01. The van der Waals surface area contributed by atoms with Gasteiger partial charge in [-0.25, -0.2) is 9.78 Å². The molecule has 2 rings (SSSR count). The fourth-order valence-electron chi connectivity index (χ4n) is 1.62. The summed E-state index contributed by atoms with van der Waals surface area (Å²) in [4.78, 5) is 15.4. The Balaban J connectivity index is 2.23. The molecule has 0 radical (unpaired) electrons. The zero-order chi connectivity index (χ0) is 14.0. The summed E-state index contributed by atoms with van der Waals surface area (Å²) in [5, 5.41) is 5.70. The van der Waals surface area contributed by atoms with Gasteiger partial charge < -0.3 is 11.1 Å². The van der Waals surface area contributed by atoms with E-state index < -0.39 is 6.03 Å². The topological polar surface area (TPSA) is 68.0 Å². The number of urea groups is 1. The number of rotatable bonds is 2. The first-order valence-corrected chi connectivity index (χ1v) is 6.87. The lowest BCUT2D eigenvalue weighted by atomic mass is 9.98. The Hall–Kier alpha value is -1.88. The smallest absolute Gasteiger partial charge is 0.316 e. The molecular weight excluding hydrogens is 258 g/mol. The summed E-state index contributed by atoms with van der Waals surface area (Å²) >= 11 is 1.67. The second-order valence-electron chi connectivity index (χ2n) is 5.35. The van der Waals surface area contributed by atoms with Crippen molar-refractivity contribution in [2.75, 3.05) is 5.32 Å². The van der Waals surface area contributed by atoms with Crippen molar-refractivity contribution in [1.82, 2.24) is 4.98 Å².